The molecule has 4 heteroatoms. The lowest BCUT2D eigenvalue weighted by molar-refractivity contribution is -0.144. The van der Waals surface area contributed by atoms with Crippen LogP contribution in [0.15, 0.2) is 0 Å². The largest absolute Gasteiger partial charge is 0.391 e. The van der Waals surface area contributed by atoms with E-state index in [1.165, 1.54) is 4.90 Å². The lowest BCUT2D eigenvalue weighted by atomic mass is 9.78. The Labute approximate surface area is 103 Å². The van der Waals surface area contributed by atoms with E-state index in [1.807, 2.05) is 34.6 Å². The number of nitrogens with zero attached hydrogens (tertiary/aromatic N) is 1. The zero-order valence-corrected chi connectivity index (χ0v) is 11.4. The van der Waals surface area contributed by atoms with Crippen LogP contribution in [-0.4, -0.2) is 34.5 Å². The highest BCUT2D eigenvalue weighted by atomic mass is 16.3. The minimum Gasteiger partial charge on any atom is -0.391 e. The number of hydrogen-bond donors (Lipinski definition) is 1. The first kappa shape index (κ1) is 14.2. The van der Waals surface area contributed by atoms with Crippen molar-refractivity contribution in [3.8, 4) is 0 Å². The molecule has 1 saturated heterocycles. The molecule has 0 radical (unpaired) electrons. The van der Waals surface area contributed by atoms with Crippen molar-refractivity contribution in [2.45, 2.75) is 47.1 Å². The molecule has 1 aliphatic heterocycles. The van der Waals surface area contributed by atoms with E-state index < -0.39 is 11.5 Å². The molecule has 2 amide bonds. The fourth-order valence-electron chi connectivity index (χ4n) is 1.94. The molecule has 1 heterocycles. The molecule has 0 aromatic heterocycles. The van der Waals surface area contributed by atoms with Gasteiger partial charge in [0.1, 0.15) is 0 Å². The maximum Gasteiger partial charge on any atom is 0.235 e. The van der Waals surface area contributed by atoms with Crippen molar-refractivity contribution in [2.75, 3.05) is 6.54 Å². The van der Waals surface area contributed by atoms with Crippen molar-refractivity contribution < 1.29 is 14.7 Å². The average Bonchev–Trinajstić information content (AvgIpc) is 2.43. The normalized spacial score (nSPS) is 27.4. The molecule has 0 spiro atoms. The summed E-state index contributed by atoms with van der Waals surface area (Å²) in [4.78, 5) is 25.3. The molecule has 1 aliphatic rings. The number of likely N-dealkylation sites (tertiary alicyclic amines) is 1. The first-order valence-corrected chi connectivity index (χ1v) is 6.23. The Kier molecular flexibility index (Phi) is 3.97. The van der Waals surface area contributed by atoms with E-state index in [2.05, 4.69) is 0 Å². The molecule has 2 unspecified atom stereocenters. The van der Waals surface area contributed by atoms with Gasteiger partial charge in [-0.15, -0.1) is 0 Å². The molecule has 1 N–H and O–H groups in total. The zero-order valence-electron chi connectivity index (χ0n) is 11.4. The molecule has 4 nitrogen and oxygen atoms in total. The lowest BCUT2D eigenvalue weighted by Crippen LogP contribution is -2.42. The predicted molar refractivity (Wildman–Crippen MR) is 65.1 cm³/mol. The number of hydrogen-bond acceptors (Lipinski definition) is 3. The maximum absolute atomic E-state index is 12.2. The van der Waals surface area contributed by atoms with E-state index in [0.29, 0.717) is 0 Å². The molecule has 0 aromatic rings. The van der Waals surface area contributed by atoms with Gasteiger partial charge in [-0.1, -0.05) is 27.7 Å². The standard InChI is InChI=1S/C13H23NO3/c1-8(2)10(15)7-14-11(16)6-13(5,9(3)4)12(14)17/h8-10,15H,6-7H2,1-5H3. The third kappa shape index (κ3) is 2.51. The Balaban J connectivity index is 2.83. The Morgan fingerprint density at radius 1 is 1.29 bits per heavy atom. The van der Waals surface area contributed by atoms with E-state index in [-0.39, 0.29) is 36.6 Å². The topological polar surface area (TPSA) is 57.6 Å². The number of carbonyl (C=O) groups excluding carboxylic acids is 2. The molecule has 0 aliphatic carbocycles. The summed E-state index contributed by atoms with van der Waals surface area (Å²) in [6, 6.07) is 0. The van der Waals surface area contributed by atoms with Gasteiger partial charge in [-0.3, -0.25) is 14.5 Å². The Hall–Kier alpha value is -0.900. The summed E-state index contributed by atoms with van der Waals surface area (Å²) < 4.78 is 0. The summed E-state index contributed by atoms with van der Waals surface area (Å²) >= 11 is 0. The van der Waals surface area contributed by atoms with Gasteiger partial charge in [0.15, 0.2) is 0 Å². The number of aliphatic hydroxyl groups is 1. The smallest absolute Gasteiger partial charge is 0.235 e. The molecular weight excluding hydrogens is 218 g/mol. The molecular formula is C13H23NO3. The molecule has 0 bridgehead atoms. The summed E-state index contributed by atoms with van der Waals surface area (Å²) in [5.41, 5.74) is -0.603. The van der Waals surface area contributed by atoms with E-state index in [0.717, 1.165) is 0 Å². The summed E-state index contributed by atoms with van der Waals surface area (Å²) in [7, 11) is 0. The predicted octanol–water partition coefficient (Wildman–Crippen LogP) is 1.42. The SMILES string of the molecule is CC(C)C(O)CN1C(=O)CC(C)(C(C)C)C1=O. The second-order valence-corrected chi connectivity index (χ2v) is 5.87. The van der Waals surface area contributed by atoms with Crippen LogP contribution in [0.1, 0.15) is 41.0 Å². The van der Waals surface area contributed by atoms with E-state index in [9.17, 15) is 14.7 Å². The quantitative estimate of drug-likeness (QED) is 0.757. The van der Waals surface area contributed by atoms with Gasteiger partial charge in [0.2, 0.25) is 11.8 Å². The summed E-state index contributed by atoms with van der Waals surface area (Å²) in [6.07, 6.45) is -0.383. The molecule has 2 atom stereocenters. The van der Waals surface area contributed by atoms with Gasteiger partial charge in [0.25, 0.3) is 0 Å². The second-order valence-electron chi connectivity index (χ2n) is 5.87. The maximum atomic E-state index is 12.2. The van der Waals surface area contributed by atoms with Gasteiger partial charge in [-0.05, 0) is 18.8 Å². The van der Waals surface area contributed by atoms with Crippen LogP contribution < -0.4 is 0 Å². The lowest BCUT2D eigenvalue weighted by Gasteiger charge is -2.27. The van der Waals surface area contributed by atoms with Crippen LogP contribution in [-0.2, 0) is 9.59 Å². The summed E-state index contributed by atoms with van der Waals surface area (Å²) in [5, 5.41) is 9.79. The van der Waals surface area contributed by atoms with Gasteiger partial charge in [-0.2, -0.15) is 0 Å². The van der Waals surface area contributed by atoms with Crippen LogP contribution in [0.4, 0.5) is 0 Å². The van der Waals surface area contributed by atoms with Gasteiger partial charge in [-0.25, -0.2) is 0 Å². The first-order chi connectivity index (χ1) is 7.70. The number of carbonyl (C=O) groups is 2. The van der Waals surface area contributed by atoms with Crippen LogP contribution in [0.2, 0.25) is 0 Å². The van der Waals surface area contributed by atoms with Crippen molar-refractivity contribution in [3.63, 3.8) is 0 Å². The minimum atomic E-state index is -0.641. The van der Waals surface area contributed by atoms with E-state index in [1.54, 1.807) is 0 Å². The highest BCUT2D eigenvalue weighted by molar-refractivity contribution is 6.05. The van der Waals surface area contributed by atoms with Crippen molar-refractivity contribution in [3.05, 3.63) is 0 Å². The molecule has 0 saturated carbocycles. The van der Waals surface area contributed by atoms with Crippen LogP contribution >= 0.6 is 0 Å². The second kappa shape index (κ2) is 4.77. The number of imide groups is 1. The van der Waals surface area contributed by atoms with E-state index >= 15 is 0 Å². The van der Waals surface area contributed by atoms with Crippen molar-refractivity contribution in [2.24, 2.45) is 17.3 Å². The van der Waals surface area contributed by atoms with Crippen LogP contribution in [0, 0.1) is 17.3 Å². The number of β-amino-alcohol motifs (C(OH)–C–C–N with tert-alkyl or cyclic N) is 1. The average molecular weight is 241 g/mol. The number of rotatable bonds is 4. The van der Waals surface area contributed by atoms with Crippen molar-refractivity contribution in [1.29, 1.82) is 0 Å². The van der Waals surface area contributed by atoms with E-state index in [4.69, 9.17) is 0 Å². The minimum absolute atomic E-state index is 0.0431. The monoisotopic (exact) mass is 241 g/mol. The van der Waals surface area contributed by atoms with Crippen LogP contribution in [0.5, 0.6) is 0 Å². The Morgan fingerprint density at radius 2 is 1.82 bits per heavy atom. The van der Waals surface area contributed by atoms with Crippen LogP contribution in [0.25, 0.3) is 0 Å². The molecule has 98 valence electrons. The highest BCUT2D eigenvalue weighted by Crippen LogP contribution is 2.39. The van der Waals surface area contributed by atoms with Crippen LogP contribution in [0.3, 0.4) is 0 Å². The zero-order chi connectivity index (χ0) is 13.4. The number of amides is 2. The van der Waals surface area contributed by atoms with Crippen molar-refractivity contribution in [1.82, 2.24) is 4.90 Å². The molecule has 1 fully saturated rings. The summed E-state index contributed by atoms with van der Waals surface area (Å²) in [6.45, 7) is 9.60. The summed E-state index contributed by atoms with van der Waals surface area (Å²) in [5.74, 6) is -0.134. The van der Waals surface area contributed by atoms with Gasteiger partial charge >= 0.3 is 0 Å². The Morgan fingerprint density at radius 3 is 2.18 bits per heavy atom. The third-order valence-electron chi connectivity index (χ3n) is 3.97. The first-order valence-electron chi connectivity index (χ1n) is 6.23. The third-order valence-corrected chi connectivity index (χ3v) is 3.97. The van der Waals surface area contributed by atoms with Gasteiger partial charge < -0.3 is 5.11 Å². The fraction of sp³-hybridized carbons (Fsp3) is 0.846. The van der Waals surface area contributed by atoms with Gasteiger partial charge in [0, 0.05) is 6.42 Å². The molecule has 1 rings (SSSR count). The Bertz CT molecular complexity index is 325. The van der Waals surface area contributed by atoms with Gasteiger partial charge in [0.05, 0.1) is 18.1 Å². The number of aliphatic hydroxyl groups excluding tert-OH is 1. The molecule has 0 aromatic carbocycles. The van der Waals surface area contributed by atoms with Crippen molar-refractivity contribution >= 4 is 11.8 Å². The fourth-order valence-corrected chi connectivity index (χ4v) is 1.94. The molecule has 17 heavy (non-hydrogen) atoms. The highest BCUT2D eigenvalue weighted by Gasteiger charge is 2.50.